The predicted octanol–water partition coefficient (Wildman–Crippen LogP) is 4.61. The minimum absolute atomic E-state index is 0.661. The molecule has 1 heterocycles. The molecule has 1 aromatic heterocycles. The Hall–Kier alpha value is -1.31. The van der Waals surface area contributed by atoms with Gasteiger partial charge in [0.1, 0.15) is 6.07 Å². The van der Waals surface area contributed by atoms with Gasteiger partial charge in [0.05, 0.1) is 11.3 Å². The quantitative estimate of drug-likeness (QED) is 0.896. The Labute approximate surface area is 119 Å². The van der Waals surface area contributed by atoms with Crippen LogP contribution in [0.1, 0.15) is 20.9 Å². The van der Waals surface area contributed by atoms with Crippen molar-refractivity contribution in [2.45, 2.75) is 20.4 Å². The van der Waals surface area contributed by atoms with Crippen molar-refractivity contribution in [1.29, 1.82) is 5.26 Å². The van der Waals surface area contributed by atoms with Crippen LogP contribution in [0, 0.1) is 25.2 Å². The van der Waals surface area contributed by atoms with Gasteiger partial charge in [-0.25, -0.2) is 0 Å². The first-order valence-electron chi connectivity index (χ1n) is 5.59. The zero-order valence-corrected chi connectivity index (χ0v) is 12.7. The van der Waals surface area contributed by atoms with Crippen molar-refractivity contribution in [1.82, 2.24) is 0 Å². The monoisotopic (exact) mass is 320 g/mol. The van der Waals surface area contributed by atoms with Gasteiger partial charge in [-0.3, -0.25) is 0 Å². The van der Waals surface area contributed by atoms with E-state index >= 15 is 0 Å². The van der Waals surface area contributed by atoms with Gasteiger partial charge in [-0.15, -0.1) is 11.3 Å². The van der Waals surface area contributed by atoms with E-state index < -0.39 is 0 Å². The standard InChI is InChI=1S/C14H13BrN2S/c1-9-5-12(10(2)18-9)8-17-14-4-3-13(15)6-11(14)7-16/h3-6,17H,8H2,1-2H3. The number of hydrogen-bond acceptors (Lipinski definition) is 3. The summed E-state index contributed by atoms with van der Waals surface area (Å²) in [6.07, 6.45) is 0. The molecule has 0 bridgehead atoms. The van der Waals surface area contributed by atoms with Crippen LogP contribution in [0.25, 0.3) is 0 Å². The van der Waals surface area contributed by atoms with Gasteiger partial charge in [0.25, 0.3) is 0 Å². The zero-order valence-electron chi connectivity index (χ0n) is 10.2. The number of halogens is 1. The average molecular weight is 321 g/mol. The fraction of sp³-hybridized carbons (Fsp3) is 0.214. The van der Waals surface area contributed by atoms with Crippen LogP contribution >= 0.6 is 27.3 Å². The molecule has 0 fully saturated rings. The highest BCUT2D eigenvalue weighted by Gasteiger charge is 2.05. The third kappa shape index (κ3) is 2.92. The average Bonchev–Trinajstić information content (AvgIpc) is 2.66. The normalized spacial score (nSPS) is 10.1. The van der Waals surface area contributed by atoms with Gasteiger partial charge in [-0.1, -0.05) is 15.9 Å². The Morgan fingerprint density at radius 2 is 2.11 bits per heavy atom. The van der Waals surface area contributed by atoms with Crippen LogP contribution < -0.4 is 5.32 Å². The molecule has 0 aliphatic carbocycles. The molecule has 0 atom stereocenters. The van der Waals surface area contributed by atoms with Gasteiger partial charge in [-0.05, 0) is 43.7 Å². The molecular formula is C14H13BrN2S. The highest BCUT2D eigenvalue weighted by atomic mass is 79.9. The Kier molecular flexibility index (Phi) is 4.05. The lowest BCUT2D eigenvalue weighted by Gasteiger charge is -2.08. The van der Waals surface area contributed by atoms with Crippen molar-refractivity contribution in [3.05, 3.63) is 49.6 Å². The van der Waals surface area contributed by atoms with Crippen molar-refractivity contribution in [2.24, 2.45) is 0 Å². The molecule has 2 nitrogen and oxygen atoms in total. The lowest BCUT2D eigenvalue weighted by Crippen LogP contribution is -2.01. The van der Waals surface area contributed by atoms with E-state index in [-0.39, 0.29) is 0 Å². The summed E-state index contributed by atoms with van der Waals surface area (Å²) < 4.78 is 0.923. The van der Waals surface area contributed by atoms with E-state index in [2.05, 4.69) is 47.2 Å². The first-order valence-corrected chi connectivity index (χ1v) is 7.20. The second-order valence-electron chi connectivity index (χ2n) is 4.09. The number of nitriles is 1. The van der Waals surface area contributed by atoms with Crippen molar-refractivity contribution in [3.8, 4) is 6.07 Å². The summed E-state index contributed by atoms with van der Waals surface area (Å²) in [5, 5.41) is 12.4. The molecule has 2 aromatic rings. The number of benzene rings is 1. The number of nitrogens with one attached hydrogen (secondary N) is 1. The van der Waals surface area contributed by atoms with Gasteiger partial charge in [-0.2, -0.15) is 5.26 Å². The third-order valence-corrected chi connectivity index (χ3v) is 4.22. The molecule has 0 unspecified atom stereocenters. The lowest BCUT2D eigenvalue weighted by molar-refractivity contribution is 1.14. The Morgan fingerprint density at radius 1 is 1.33 bits per heavy atom. The highest BCUT2D eigenvalue weighted by molar-refractivity contribution is 9.10. The number of thiophene rings is 1. The smallest absolute Gasteiger partial charge is 0.101 e. The van der Waals surface area contributed by atoms with Gasteiger partial charge in [0.15, 0.2) is 0 Å². The summed E-state index contributed by atoms with van der Waals surface area (Å²) in [7, 11) is 0. The van der Waals surface area contributed by atoms with E-state index in [1.54, 1.807) is 11.3 Å². The van der Waals surface area contributed by atoms with E-state index in [9.17, 15) is 0 Å². The van der Waals surface area contributed by atoms with Crippen LogP contribution in [-0.2, 0) is 6.54 Å². The summed E-state index contributed by atoms with van der Waals surface area (Å²) in [6.45, 7) is 5.00. The largest absolute Gasteiger partial charge is 0.380 e. The molecule has 2 rings (SSSR count). The molecule has 92 valence electrons. The van der Waals surface area contributed by atoms with Crippen LogP contribution in [0.2, 0.25) is 0 Å². The van der Waals surface area contributed by atoms with Crippen LogP contribution in [0.4, 0.5) is 5.69 Å². The molecule has 0 saturated carbocycles. The first-order chi connectivity index (χ1) is 8.60. The molecule has 0 radical (unpaired) electrons. The summed E-state index contributed by atoms with van der Waals surface area (Å²) in [5.41, 5.74) is 2.84. The van der Waals surface area contributed by atoms with Gasteiger partial charge in [0, 0.05) is 20.8 Å². The summed E-state index contributed by atoms with van der Waals surface area (Å²) in [6, 6.07) is 10.1. The summed E-state index contributed by atoms with van der Waals surface area (Å²) >= 11 is 5.18. The number of rotatable bonds is 3. The second-order valence-corrected chi connectivity index (χ2v) is 6.47. The maximum Gasteiger partial charge on any atom is 0.101 e. The summed E-state index contributed by atoms with van der Waals surface area (Å²) in [5.74, 6) is 0. The summed E-state index contributed by atoms with van der Waals surface area (Å²) in [4.78, 5) is 2.65. The van der Waals surface area contributed by atoms with Crippen molar-refractivity contribution >= 4 is 33.0 Å². The topological polar surface area (TPSA) is 35.8 Å². The van der Waals surface area contributed by atoms with Gasteiger partial charge < -0.3 is 5.32 Å². The molecular weight excluding hydrogens is 308 g/mol. The van der Waals surface area contributed by atoms with Gasteiger partial charge >= 0.3 is 0 Å². The molecule has 0 aliphatic rings. The molecule has 0 amide bonds. The number of anilines is 1. The van der Waals surface area contributed by atoms with Crippen molar-refractivity contribution < 1.29 is 0 Å². The minimum atomic E-state index is 0.661. The number of hydrogen-bond donors (Lipinski definition) is 1. The van der Waals surface area contributed by atoms with Crippen LogP contribution in [-0.4, -0.2) is 0 Å². The number of nitrogens with zero attached hydrogens (tertiary/aromatic N) is 1. The van der Waals surface area contributed by atoms with Gasteiger partial charge in [0.2, 0.25) is 0 Å². The zero-order chi connectivity index (χ0) is 13.1. The van der Waals surface area contributed by atoms with Crippen molar-refractivity contribution in [2.75, 3.05) is 5.32 Å². The second kappa shape index (κ2) is 5.55. The van der Waals surface area contributed by atoms with Crippen LogP contribution in [0.3, 0.4) is 0 Å². The van der Waals surface area contributed by atoms with Crippen LogP contribution in [0.5, 0.6) is 0 Å². The molecule has 0 spiro atoms. The number of aryl methyl sites for hydroxylation is 2. The van der Waals surface area contributed by atoms with Crippen molar-refractivity contribution in [3.63, 3.8) is 0 Å². The van der Waals surface area contributed by atoms with E-state index in [1.807, 2.05) is 18.2 Å². The Balaban J connectivity index is 2.16. The Morgan fingerprint density at radius 3 is 2.72 bits per heavy atom. The SMILES string of the molecule is Cc1cc(CNc2ccc(Br)cc2C#N)c(C)s1. The van der Waals surface area contributed by atoms with E-state index in [0.29, 0.717) is 5.56 Å². The van der Waals surface area contributed by atoms with E-state index in [0.717, 1.165) is 16.7 Å². The first kappa shape index (κ1) is 13.1. The molecule has 1 aromatic carbocycles. The van der Waals surface area contributed by atoms with E-state index in [4.69, 9.17) is 5.26 Å². The fourth-order valence-corrected chi connectivity index (χ4v) is 3.12. The highest BCUT2D eigenvalue weighted by Crippen LogP contribution is 2.24. The predicted molar refractivity (Wildman–Crippen MR) is 80.0 cm³/mol. The minimum Gasteiger partial charge on any atom is -0.380 e. The Bertz CT molecular complexity index is 611. The molecule has 0 aliphatic heterocycles. The molecule has 0 saturated heterocycles. The van der Waals surface area contributed by atoms with E-state index in [1.165, 1.54) is 15.3 Å². The maximum atomic E-state index is 9.09. The fourth-order valence-electron chi connectivity index (χ4n) is 1.81. The molecule has 1 N–H and O–H groups in total. The van der Waals surface area contributed by atoms with Crippen LogP contribution in [0.15, 0.2) is 28.7 Å². The maximum absolute atomic E-state index is 9.09. The third-order valence-electron chi connectivity index (χ3n) is 2.72. The molecule has 4 heteroatoms. The molecule has 18 heavy (non-hydrogen) atoms. The lowest BCUT2D eigenvalue weighted by atomic mass is 10.2.